The molecule has 3 unspecified atom stereocenters. The molecule has 0 aliphatic heterocycles. The summed E-state index contributed by atoms with van der Waals surface area (Å²) in [5.74, 6) is 0.0268. The summed E-state index contributed by atoms with van der Waals surface area (Å²) in [6.07, 6.45) is 4.15. The highest BCUT2D eigenvalue weighted by Gasteiger charge is 2.25. The molecule has 0 bridgehead atoms. The predicted molar refractivity (Wildman–Crippen MR) is 74.5 cm³/mol. The Labute approximate surface area is 115 Å². The molecule has 2 rings (SSSR count). The molecule has 0 spiro atoms. The zero-order valence-corrected chi connectivity index (χ0v) is 11.8. The van der Waals surface area contributed by atoms with E-state index in [1.165, 1.54) is 0 Å². The Bertz CT molecular complexity index is 472. The Morgan fingerprint density at radius 3 is 2.58 bits per heavy atom. The van der Waals surface area contributed by atoms with Gasteiger partial charge in [-0.25, -0.2) is 0 Å². The van der Waals surface area contributed by atoms with Crippen molar-refractivity contribution < 1.29 is 14.1 Å². The second-order valence-electron chi connectivity index (χ2n) is 4.95. The van der Waals surface area contributed by atoms with Crippen molar-refractivity contribution in [3.8, 4) is 0 Å². The number of amides is 1. The van der Waals surface area contributed by atoms with Crippen LogP contribution in [-0.2, 0) is 10.8 Å². The van der Waals surface area contributed by atoms with E-state index in [9.17, 15) is 14.1 Å². The van der Waals surface area contributed by atoms with E-state index < -0.39 is 10.8 Å². The first-order valence-electron chi connectivity index (χ1n) is 6.47. The van der Waals surface area contributed by atoms with Crippen LogP contribution >= 0.6 is 0 Å². The fraction of sp³-hybridized carbons (Fsp3) is 0.500. The van der Waals surface area contributed by atoms with Crippen LogP contribution in [0.25, 0.3) is 0 Å². The van der Waals surface area contributed by atoms with Gasteiger partial charge in [-0.15, -0.1) is 0 Å². The van der Waals surface area contributed by atoms with Crippen molar-refractivity contribution in [3.63, 3.8) is 0 Å². The minimum absolute atomic E-state index is 0.146. The highest BCUT2D eigenvalue weighted by molar-refractivity contribution is 7.84. The van der Waals surface area contributed by atoms with Gasteiger partial charge in [-0.3, -0.25) is 9.00 Å². The molecule has 5 heteroatoms. The van der Waals surface area contributed by atoms with Crippen molar-refractivity contribution in [2.24, 2.45) is 5.92 Å². The molecule has 0 saturated heterocycles. The van der Waals surface area contributed by atoms with Gasteiger partial charge in [0.05, 0.1) is 6.10 Å². The Morgan fingerprint density at radius 2 is 2.05 bits per heavy atom. The maximum absolute atomic E-state index is 11.9. The molecular formula is C14H19NO3S. The quantitative estimate of drug-likeness (QED) is 0.874. The van der Waals surface area contributed by atoms with E-state index in [4.69, 9.17) is 0 Å². The first-order chi connectivity index (χ1) is 9.08. The lowest BCUT2D eigenvalue weighted by Crippen LogP contribution is -2.32. The summed E-state index contributed by atoms with van der Waals surface area (Å²) >= 11 is 0. The van der Waals surface area contributed by atoms with E-state index >= 15 is 0 Å². The van der Waals surface area contributed by atoms with Crippen molar-refractivity contribution in [3.05, 3.63) is 29.8 Å². The van der Waals surface area contributed by atoms with E-state index in [2.05, 4.69) is 5.32 Å². The molecule has 0 aromatic heterocycles. The molecule has 19 heavy (non-hydrogen) atoms. The van der Waals surface area contributed by atoms with Crippen LogP contribution in [-0.4, -0.2) is 34.1 Å². The van der Waals surface area contributed by atoms with Crippen molar-refractivity contribution in [1.29, 1.82) is 0 Å². The van der Waals surface area contributed by atoms with Gasteiger partial charge in [-0.2, -0.15) is 0 Å². The number of carbonyl (C=O) groups is 1. The van der Waals surface area contributed by atoms with Crippen molar-refractivity contribution in [2.45, 2.75) is 30.3 Å². The lowest BCUT2D eigenvalue weighted by molar-refractivity contribution is 0.0916. The van der Waals surface area contributed by atoms with E-state index in [1.54, 1.807) is 30.5 Å². The SMILES string of the molecule is CS(=O)c1ccc(C(=O)NCC2CCCC2O)cc1. The number of aliphatic hydroxyl groups is 1. The Hall–Kier alpha value is -1.20. The van der Waals surface area contributed by atoms with Crippen LogP contribution in [0.5, 0.6) is 0 Å². The van der Waals surface area contributed by atoms with Gasteiger partial charge in [-0.05, 0) is 37.1 Å². The van der Waals surface area contributed by atoms with Crippen LogP contribution in [0.2, 0.25) is 0 Å². The number of rotatable bonds is 4. The van der Waals surface area contributed by atoms with Gasteiger partial charge in [0.2, 0.25) is 0 Å². The summed E-state index contributed by atoms with van der Waals surface area (Å²) in [6.45, 7) is 0.515. The van der Waals surface area contributed by atoms with E-state index in [0.29, 0.717) is 17.0 Å². The predicted octanol–water partition coefficient (Wildman–Crippen LogP) is 1.31. The third kappa shape index (κ3) is 3.64. The van der Waals surface area contributed by atoms with E-state index in [0.717, 1.165) is 19.3 Å². The fourth-order valence-corrected chi connectivity index (χ4v) is 2.90. The summed E-state index contributed by atoms with van der Waals surface area (Å²) in [6, 6.07) is 6.76. The standard InChI is InChI=1S/C14H19NO3S/c1-19(18)12-7-5-10(6-8-12)14(17)15-9-11-3-2-4-13(11)16/h5-8,11,13,16H,2-4,9H2,1H3,(H,15,17). The van der Waals surface area contributed by atoms with Gasteiger partial charge in [0.25, 0.3) is 5.91 Å². The van der Waals surface area contributed by atoms with E-state index in [1.807, 2.05) is 0 Å². The number of hydrogen-bond acceptors (Lipinski definition) is 3. The molecule has 104 valence electrons. The molecule has 4 nitrogen and oxygen atoms in total. The Balaban J connectivity index is 1.90. The topological polar surface area (TPSA) is 66.4 Å². The first kappa shape index (κ1) is 14.2. The summed E-state index contributed by atoms with van der Waals surface area (Å²) in [7, 11) is -1.03. The lowest BCUT2D eigenvalue weighted by Gasteiger charge is -2.15. The van der Waals surface area contributed by atoms with Gasteiger partial charge in [0.1, 0.15) is 0 Å². The number of nitrogens with one attached hydrogen (secondary N) is 1. The lowest BCUT2D eigenvalue weighted by atomic mass is 10.1. The normalized spacial score (nSPS) is 24.1. The van der Waals surface area contributed by atoms with Gasteiger partial charge in [0, 0.05) is 40.0 Å². The number of hydrogen-bond donors (Lipinski definition) is 2. The van der Waals surface area contributed by atoms with Crippen LogP contribution < -0.4 is 5.32 Å². The van der Waals surface area contributed by atoms with E-state index in [-0.39, 0.29) is 17.9 Å². The molecule has 1 amide bonds. The maximum atomic E-state index is 11.9. The molecule has 0 heterocycles. The van der Waals surface area contributed by atoms with Crippen LogP contribution in [0.15, 0.2) is 29.2 Å². The molecule has 1 aromatic rings. The molecule has 1 saturated carbocycles. The van der Waals surface area contributed by atoms with Gasteiger partial charge < -0.3 is 10.4 Å². The molecule has 1 aliphatic carbocycles. The third-order valence-corrected chi connectivity index (χ3v) is 4.53. The second-order valence-corrected chi connectivity index (χ2v) is 6.33. The Morgan fingerprint density at radius 1 is 1.37 bits per heavy atom. The highest BCUT2D eigenvalue weighted by atomic mass is 32.2. The molecule has 2 N–H and O–H groups in total. The summed E-state index contributed by atoms with van der Waals surface area (Å²) in [5, 5.41) is 12.5. The largest absolute Gasteiger partial charge is 0.393 e. The smallest absolute Gasteiger partial charge is 0.251 e. The average molecular weight is 281 g/mol. The van der Waals surface area contributed by atoms with Gasteiger partial charge in [0.15, 0.2) is 0 Å². The van der Waals surface area contributed by atoms with Gasteiger partial charge in [-0.1, -0.05) is 6.42 Å². The maximum Gasteiger partial charge on any atom is 0.251 e. The zero-order chi connectivity index (χ0) is 13.8. The highest BCUT2D eigenvalue weighted by Crippen LogP contribution is 2.24. The van der Waals surface area contributed by atoms with Crippen LogP contribution in [0.4, 0.5) is 0 Å². The average Bonchev–Trinajstić information content (AvgIpc) is 2.81. The summed E-state index contributed by atoms with van der Waals surface area (Å²) < 4.78 is 11.2. The molecule has 1 fully saturated rings. The number of carbonyl (C=O) groups excluding carboxylic acids is 1. The number of benzene rings is 1. The summed E-state index contributed by atoms with van der Waals surface area (Å²) in [4.78, 5) is 12.6. The number of aliphatic hydroxyl groups excluding tert-OH is 1. The van der Waals surface area contributed by atoms with Crippen LogP contribution in [0.1, 0.15) is 29.6 Å². The molecule has 3 atom stereocenters. The van der Waals surface area contributed by atoms with Crippen molar-refractivity contribution in [2.75, 3.05) is 12.8 Å². The van der Waals surface area contributed by atoms with Crippen molar-refractivity contribution >= 4 is 16.7 Å². The zero-order valence-electron chi connectivity index (χ0n) is 11.0. The third-order valence-electron chi connectivity index (χ3n) is 3.59. The fourth-order valence-electron chi connectivity index (χ4n) is 2.38. The van der Waals surface area contributed by atoms with Crippen LogP contribution in [0, 0.1) is 5.92 Å². The molecular weight excluding hydrogens is 262 g/mol. The molecule has 0 radical (unpaired) electrons. The minimum Gasteiger partial charge on any atom is -0.393 e. The minimum atomic E-state index is -1.03. The van der Waals surface area contributed by atoms with Gasteiger partial charge >= 0.3 is 0 Å². The first-order valence-corrected chi connectivity index (χ1v) is 8.03. The summed E-state index contributed by atoms with van der Waals surface area (Å²) in [5.41, 5.74) is 0.557. The Kier molecular flexibility index (Phi) is 4.71. The molecule has 1 aromatic carbocycles. The monoisotopic (exact) mass is 281 g/mol. The van der Waals surface area contributed by atoms with Crippen molar-refractivity contribution in [1.82, 2.24) is 5.32 Å². The second kappa shape index (κ2) is 6.30. The molecule has 1 aliphatic rings. The van der Waals surface area contributed by atoms with Crippen LogP contribution in [0.3, 0.4) is 0 Å².